The summed E-state index contributed by atoms with van der Waals surface area (Å²) in [5, 5.41) is 3.04. The molecule has 5 heteroatoms. The van der Waals surface area contributed by atoms with Crippen molar-refractivity contribution in [1.82, 2.24) is 9.80 Å². The Bertz CT molecular complexity index is 518. The van der Waals surface area contributed by atoms with Crippen LogP contribution in [-0.2, 0) is 4.74 Å². The van der Waals surface area contributed by atoms with Crippen LogP contribution in [0.4, 0.5) is 10.5 Å². The zero-order valence-corrected chi connectivity index (χ0v) is 14.7. The quantitative estimate of drug-likeness (QED) is 0.922. The highest BCUT2D eigenvalue weighted by molar-refractivity contribution is 5.89. The summed E-state index contributed by atoms with van der Waals surface area (Å²) < 4.78 is 5.42. The zero-order chi connectivity index (χ0) is 16.8. The number of hydrogen-bond acceptors (Lipinski definition) is 3. The van der Waals surface area contributed by atoms with Crippen LogP contribution in [0.1, 0.15) is 44.2 Å². The molecule has 3 rings (SSSR count). The van der Waals surface area contributed by atoms with Gasteiger partial charge in [0.05, 0.1) is 13.2 Å². The summed E-state index contributed by atoms with van der Waals surface area (Å²) in [6.07, 6.45) is 4.70. The topological polar surface area (TPSA) is 44.8 Å². The second-order valence-corrected chi connectivity index (χ2v) is 6.78. The average Bonchev–Trinajstić information content (AvgIpc) is 2.92. The molecule has 0 unspecified atom stereocenters. The van der Waals surface area contributed by atoms with E-state index < -0.39 is 0 Å². The van der Waals surface area contributed by atoms with Crippen molar-refractivity contribution in [3.05, 3.63) is 29.8 Å². The monoisotopic (exact) mass is 331 g/mol. The number of likely N-dealkylation sites (tertiary alicyclic amines) is 1. The van der Waals surface area contributed by atoms with Crippen LogP contribution in [0.15, 0.2) is 24.3 Å². The van der Waals surface area contributed by atoms with Crippen molar-refractivity contribution < 1.29 is 9.53 Å². The fourth-order valence-corrected chi connectivity index (χ4v) is 3.50. The molecule has 1 atom stereocenters. The van der Waals surface area contributed by atoms with E-state index in [0.717, 1.165) is 57.9 Å². The molecule has 0 saturated carbocycles. The highest BCUT2D eigenvalue weighted by Crippen LogP contribution is 2.23. The van der Waals surface area contributed by atoms with Crippen molar-refractivity contribution in [3.63, 3.8) is 0 Å². The summed E-state index contributed by atoms with van der Waals surface area (Å²) >= 11 is 0. The molecule has 1 aromatic carbocycles. The van der Waals surface area contributed by atoms with Gasteiger partial charge in [-0.15, -0.1) is 0 Å². The first kappa shape index (κ1) is 17.2. The van der Waals surface area contributed by atoms with Crippen molar-refractivity contribution in [2.75, 3.05) is 44.7 Å². The van der Waals surface area contributed by atoms with Gasteiger partial charge in [0.15, 0.2) is 0 Å². The summed E-state index contributed by atoms with van der Waals surface area (Å²) in [6, 6.07) is 8.69. The Balaban J connectivity index is 1.56. The summed E-state index contributed by atoms with van der Waals surface area (Å²) in [7, 11) is 0. The van der Waals surface area contributed by atoms with Crippen LogP contribution in [-0.4, -0.2) is 55.2 Å². The number of carbonyl (C=O) groups is 1. The first-order chi connectivity index (χ1) is 11.7. The van der Waals surface area contributed by atoms with Crippen LogP contribution in [0.3, 0.4) is 0 Å². The minimum atomic E-state index is 0.0332. The van der Waals surface area contributed by atoms with E-state index in [1.807, 2.05) is 17.0 Å². The summed E-state index contributed by atoms with van der Waals surface area (Å²) in [6.45, 7) is 7.57. The van der Waals surface area contributed by atoms with Gasteiger partial charge >= 0.3 is 6.03 Å². The van der Waals surface area contributed by atoms with Crippen LogP contribution in [0.25, 0.3) is 0 Å². The van der Waals surface area contributed by atoms with E-state index >= 15 is 0 Å². The molecule has 2 aliphatic heterocycles. The van der Waals surface area contributed by atoms with E-state index in [1.165, 1.54) is 18.4 Å². The number of anilines is 1. The van der Waals surface area contributed by atoms with Gasteiger partial charge < -0.3 is 15.0 Å². The SMILES string of the molecule is C[C@H](c1ccc(NC(=O)N2CCCCCC2)cc1)N1CCOCC1. The Labute approximate surface area is 145 Å². The van der Waals surface area contributed by atoms with Gasteiger partial charge in [-0.05, 0) is 37.5 Å². The Morgan fingerprint density at radius 2 is 1.62 bits per heavy atom. The highest BCUT2D eigenvalue weighted by Gasteiger charge is 2.19. The third-order valence-electron chi connectivity index (χ3n) is 5.13. The normalized spacial score (nSPS) is 21.1. The molecule has 5 nitrogen and oxygen atoms in total. The molecular weight excluding hydrogens is 302 g/mol. The lowest BCUT2D eigenvalue weighted by Gasteiger charge is -2.32. The lowest BCUT2D eigenvalue weighted by atomic mass is 10.1. The maximum absolute atomic E-state index is 12.4. The Morgan fingerprint density at radius 1 is 1.00 bits per heavy atom. The third-order valence-corrected chi connectivity index (χ3v) is 5.13. The fourth-order valence-electron chi connectivity index (χ4n) is 3.50. The largest absolute Gasteiger partial charge is 0.379 e. The fraction of sp³-hybridized carbons (Fsp3) is 0.632. The van der Waals surface area contributed by atoms with E-state index in [1.54, 1.807) is 0 Å². The predicted molar refractivity (Wildman–Crippen MR) is 96.3 cm³/mol. The van der Waals surface area contributed by atoms with E-state index in [2.05, 4.69) is 29.3 Å². The first-order valence-electron chi connectivity index (χ1n) is 9.22. The van der Waals surface area contributed by atoms with Gasteiger partial charge in [0.1, 0.15) is 0 Å². The summed E-state index contributed by atoms with van der Waals surface area (Å²) in [5.74, 6) is 0. The molecule has 0 aliphatic carbocycles. The summed E-state index contributed by atoms with van der Waals surface area (Å²) in [4.78, 5) is 16.8. The van der Waals surface area contributed by atoms with E-state index in [0.29, 0.717) is 6.04 Å². The second kappa shape index (κ2) is 8.49. The maximum atomic E-state index is 12.4. The molecule has 2 amide bonds. The molecule has 1 N–H and O–H groups in total. The molecular formula is C19H29N3O2. The van der Waals surface area contributed by atoms with E-state index in [-0.39, 0.29) is 6.03 Å². The van der Waals surface area contributed by atoms with Gasteiger partial charge in [-0.2, -0.15) is 0 Å². The molecule has 2 saturated heterocycles. The van der Waals surface area contributed by atoms with Gasteiger partial charge in [0.25, 0.3) is 0 Å². The molecule has 2 aliphatic rings. The highest BCUT2D eigenvalue weighted by atomic mass is 16.5. The van der Waals surface area contributed by atoms with Crippen molar-refractivity contribution in [1.29, 1.82) is 0 Å². The number of nitrogens with zero attached hydrogens (tertiary/aromatic N) is 2. The molecule has 1 aromatic rings. The smallest absolute Gasteiger partial charge is 0.321 e. The van der Waals surface area contributed by atoms with Crippen LogP contribution < -0.4 is 5.32 Å². The van der Waals surface area contributed by atoms with Crippen molar-refractivity contribution >= 4 is 11.7 Å². The zero-order valence-electron chi connectivity index (χ0n) is 14.7. The van der Waals surface area contributed by atoms with Crippen molar-refractivity contribution in [2.45, 2.75) is 38.6 Å². The van der Waals surface area contributed by atoms with Gasteiger partial charge in [-0.25, -0.2) is 4.79 Å². The number of hydrogen-bond donors (Lipinski definition) is 1. The third kappa shape index (κ3) is 4.48. The number of urea groups is 1. The van der Waals surface area contributed by atoms with Crippen LogP contribution >= 0.6 is 0 Å². The number of carbonyl (C=O) groups excluding carboxylic acids is 1. The molecule has 132 valence electrons. The second-order valence-electron chi connectivity index (χ2n) is 6.78. The number of benzene rings is 1. The van der Waals surface area contributed by atoms with Crippen LogP contribution in [0.5, 0.6) is 0 Å². The number of ether oxygens (including phenoxy) is 1. The molecule has 0 radical (unpaired) electrons. The summed E-state index contributed by atoms with van der Waals surface area (Å²) in [5.41, 5.74) is 2.16. The minimum absolute atomic E-state index is 0.0332. The molecule has 24 heavy (non-hydrogen) atoms. The van der Waals surface area contributed by atoms with E-state index in [4.69, 9.17) is 4.74 Å². The molecule has 0 bridgehead atoms. The predicted octanol–water partition coefficient (Wildman–Crippen LogP) is 3.49. The van der Waals surface area contributed by atoms with Crippen molar-refractivity contribution in [2.24, 2.45) is 0 Å². The average molecular weight is 331 g/mol. The van der Waals surface area contributed by atoms with Gasteiger partial charge in [-0.1, -0.05) is 25.0 Å². The molecule has 0 aromatic heterocycles. The van der Waals surface area contributed by atoms with Crippen LogP contribution in [0.2, 0.25) is 0 Å². The maximum Gasteiger partial charge on any atom is 0.321 e. The number of nitrogens with one attached hydrogen (secondary N) is 1. The van der Waals surface area contributed by atoms with E-state index in [9.17, 15) is 4.79 Å². The van der Waals surface area contributed by atoms with Gasteiger partial charge in [-0.3, -0.25) is 4.90 Å². The first-order valence-corrected chi connectivity index (χ1v) is 9.22. The van der Waals surface area contributed by atoms with Crippen LogP contribution in [0, 0.1) is 0 Å². The lowest BCUT2D eigenvalue weighted by Crippen LogP contribution is -2.38. The molecule has 0 spiro atoms. The standard InChI is InChI=1S/C19H29N3O2/c1-16(21-12-14-24-15-13-21)17-6-8-18(9-7-17)20-19(23)22-10-4-2-3-5-11-22/h6-9,16H,2-5,10-15H2,1H3,(H,20,23)/t16-/m1/s1. The lowest BCUT2D eigenvalue weighted by molar-refractivity contribution is 0.0198. The van der Waals surface area contributed by atoms with Gasteiger partial charge in [0, 0.05) is 37.9 Å². The molecule has 2 heterocycles. The van der Waals surface area contributed by atoms with Crippen molar-refractivity contribution in [3.8, 4) is 0 Å². The Kier molecular flexibility index (Phi) is 6.10. The van der Waals surface area contributed by atoms with Gasteiger partial charge in [0.2, 0.25) is 0 Å². The number of rotatable bonds is 3. The minimum Gasteiger partial charge on any atom is -0.379 e. The Hall–Kier alpha value is -1.59. The number of morpholine rings is 1. The molecule has 2 fully saturated rings. The number of amides is 2. The Morgan fingerprint density at radius 3 is 2.25 bits per heavy atom.